The van der Waals surface area contributed by atoms with Gasteiger partial charge in [0.15, 0.2) is 0 Å². The molecule has 0 aromatic heterocycles. The predicted octanol–water partition coefficient (Wildman–Crippen LogP) is 2.19. The molecule has 1 aromatic rings. The quantitative estimate of drug-likeness (QED) is 0.639. The lowest BCUT2D eigenvalue weighted by Crippen LogP contribution is -2.50. The summed E-state index contributed by atoms with van der Waals surface area (Å²) in [6.45, 7) is 5.62. The number of hydrogen-bond donors (Lipinski definition) is 1. The van der Waals surface area contributed by atoms with Crippen LogP contribution in [0.25, 0.3) is 0 Å². The number of rotatable bonds is 4. The molecular weight excluding hydrogens is 354 g/mol. The van der Waals surface area contributed by atoms with Crippen LogP contribution < -0.4 is 10.2 Å². The van der Waals surface area contributed by atoms with E-state index in [1.165, 1.54) is 38.1 Å². The number of nitriles is 1. The minimum absolute atomic E-state index is 0.0119. The normalized spacial score (nSPS) is 17.9. The van der Waals surface area contributed by atoms with Gasteiger partial charge in [-0.25, -0.2) is 0 Å². The predicted molar refractivity (Wildman–Crippen MR) is 109 cm³/mol. The van der Waals surface area contributed by atoms with Crippen molar-refractivity contribution in [2.45, 2.75) is 26.2 Å². The minimum Gasteiger partial charge on any atom is -0.372 e. The molecule has 2 heterocycles. The number of carbonyl (C=O) groups excluding carboxylic acids is 2. The molecule has 2 fully saturated rings. The smallest absolute Gasteiger partial charge is 0.266 e. The third-order valence-electron chi connectivity index (χ3n) is 5.33. The molecule has 3 rings (SSSR count). The van der Waals surface area contributed by atoms with E-state index in [2.05, 4.69) is 22.3 Å². The summed E-state index contributed by atoms with van der Waals surface area (Å²) in [7, 11) is 0. The van der Waals surface area contributed by atoms with Crippen LogP contribution in [0.5, 0.6) is 0 Å². The van der Waals surface area contributed by atoms with Crippen LogP contribution in [0.3, 0.4) is 0 Å². The first kappa shape index (κ1) is 19.7. The van der Waals surface area contributed by atoms with Gasteiger partial charge in [-0.1, -0.05) is 0 Å². The van der Waals surface area contributed by atoms with E-state index in [9.17, 15) is 14.9 Å². The molecule has 2 aliphatic rings. The number of piperazine rings is 1. The SMILES string of the molecule is CC(=O)N1CCN(C(=O)/C(C#N)=C\Nc2ccc(N3CCCCC3)cc2)CC1. The van der Waals surface area contributed by atoms with Gasteiger partial charge in [0.1, 0.15) is 11.6 Å². The van der Waals surface area contributed by atoms with Crippen molar-refractivity contribution in [1.29, 1.82) is 5.26 Å². The lowest BCUT2D eigenvalue weighted by Gasteiger charge is -2.34. The highest BCUT2D eigenvalue weighted by molar-refractivity contribution is 5.97. The maximum absolute atomic E-state index is 12.6. The molecule has 2 amide bonds. The maximum Gasteiger partial charge on any atom is 0.266 e. The molecule has 0 bridgehead atoms. The van der Waals surface area contributed by atoms with Gasteiger partial charge in [-0.3, -0.25) is 9.59 Å². The first-order valence-corrected chi connectivity index (χ1v) is 9.85. The van der Waals surface area contributed by atoms with E-state index in [0.29, 0.717) is 26.2 Å². The van der Waals surface area contributed by atoms with Crippen molar-refractivity contribution in [2.75, 3.05) is 49.5 Å². The van der Waals surface area contributed by atoms with Crippen LogP contribution in [0, 0.1) is 11.3 Å². The van der Waals surface area contributed by atoms with Crippen molar-refractivity contribution in [1.82, 2.24) is 9.80 Å². The molecule has 0 aliphatic carbocycles. The Morgan fingerprint density at radius 2 is 1.57 bits per heavy atom. The Labute approximate surface area is 166 Å². The summed E-state index contributed by atoms with van der Waals surface area (Å²) in [5.41, 5.74) is 2.10. The average Bonchev–Trinajstić information content (AvgIpc) is 2.75. The van der Waals surface area contributed by atoms with Gasteiger partial charge in [0.2, 0.25) is 5.91 Å². The monoisotopic (exact) mass is 381 g/mol. The van der Waals surface area contributed by atoms with E-state index in [1.54, 1.807) is 9.80 Å². The van der Waals surface area contributed by atoms with Crippen molar-refractivity contribution in [3.05, 3.63) is 36.0 Å². The van der Waals surface area contributed by atoms with E-state index in [4.69, 9.17) is 0 Å². The number of hydrogen-bond acceptors (Lipinski definition) is 5. The van der Waals surface area contributed by atoms with Crippen LogP contribution in [0.2, 0.25) is 0 Å². The first-order chi connectivity index (χ1) is 13.6. The van der Waals surface area contributed by atoms with Gasteiger partial charge in [-0.2, -0.15) is 5.26 Å². The second-order valence-electron chi connectivity index (χ2n) is 7.21. The molecule has 7 nitrogen and oxygen atoms in total. The van der Waals surface area contributed by atoms with Gasteiger partial charge in [0, 0.05) is 63.8 Å². The van der Waals surface area contributed by atoms with Crippen molar-refractivity contribution in [3.63, 3.8) is 0 Å². The first-order valence-electron chi connectivity index (χ1n) is 9.85. The Balaban J connectivity index is 1.58. The van der Waals surface area contributed by atoms with Gasteiger partial charge < -0.3 is 20.0 Å². The van der Waals surface area contributed by atoms with E-state index in [-0.39, 0.29) is 17.4 Å². The molecule has 0 radical (unpaired) electrons. The number of anilines is 2. The molecule has 0 atom stereocenters. The highest BCUT2D eigenvalue weighted by atomic mass is 16.2. The molecule has 0 spiro atoms. The Morgan fingerprint density at radius 1 is 0.964 bits per heavy atom. The molecule has 2 saturated heterocycles. The van der Waals surface area contributed by atoms with Crippen molar-refractivity contribution in [2.24, 2.45) is 0 Å². The van der Waals surface area contributed by atoms with Crippen molar-refractivity contribution in [3.8, 4) is 6.07 Å². The zero-order valence-electron chi connectivity index (χ0n) is 16.4. The summed E-state index contributed by atoms with van der Waals surface area (Å²) in [4.78, 5) is 29.7. The minimum atomic E-state index is -0.303. The van der Waals surface area contributed by atoms with E-state index >= 15 is 0 Å². The van der Waals surface area contributed by atoms with Crippen LogP contribution in [0.4, 0.5) is 11.4 Å². The number of carbonyl (C=O) groups is 2. The number of piperidine rings is 1. The van der Waals surface area contributed by atoms with Gasteiger partial charge in [0.25, 0.3) is 5.91 Å². The molecule has 1 N–H and O–H groups in total. The molecule has 148 valence electrons. The fourth-order valence-corrected chi connectivity index (χ4v) is 3.61. The van der Waals surface area contributed by atoms with Crippen LogP contribution in [-0.2, 0) is 9.59 Å². The molecule has 0 unspecified atom stereocenters. The lowest BCUT2D eigenvalue weighted by atomic mass is 10.1. The molecule has 2 aliphatic heterocycles. The summed E-state index contributed by atoms with van der Waals surface area (Å²) in [6, 6.07) is 10.0. The average molecular weight is 381 g/mol. The van der Waals surface area contributed by atoms with E-state index < -0.39 is 0 Å². The lowest BCUT2D eigenvalue weighted by molar-refractivity contribution is -0.136. The van der Waals surface area contributed by atoms with Gasteiger partial charge in [-0.05, 0) is 43.5 Å². The summed E-state index contributed by atoms with van der Waals surface area (Å²) < 4.78 is 0. The Hall–Kier alpha value is -3.01. The molecule has 0 saturated carbocycles. The Morgan fingerprint density at radius 3 is 2.14 bits per heavy atom. The molecule has 28 heavy (non-hydrogen) atoms. The summed E-state index contributed by atoms with van der Waals surface area (Å²) >= 11 is 0. The Bertz CT molecular complexity index is 767. The fourth-order valence-electron chi connectivity index (χ4n) is 3.61. The molecule has 7 heteroatoms. The number of benzene rings is 1. The maximum atomic E-state index is 12.6. The molecule has 1 aromatic carbocycles. The van der Waals surface area contributed by atoms with E-state index in [1.807, 2.05) is 18.2 Å². The van der Waals surface area contributed by atoms with Gasteiger partial charge in [-0.15, -0.1) is 0 Å². The second kappa shape index (κ2) is 9.27. The largest absolute Gasteiger partial charge is 0.372 e. The number of amides is 2. The van der Waals surface area contributed by atoms with Crippen molar-refractivity contribution >= 4 is 23.2 Å². The Kier molecular flexibility index (Phi) is 6.53. The summed E-state index contributed by atoms with van der Waals surface area (Å²) in [6.07, 6.45) is 5.24. The zero-order valence-corrected chi connectivity index (χ0v) is 16.4. The van der Waals surface area contributed by atoms with Gasteiger partial charge >= 0.3 is 0 Å². The van der Waals surface area contributed by atoms with Crippen LogP contribution in [0.1, 0.15) is 26.2 Å². The summed E-state index contributed by atoms with van der Waals surface area (Å²) in [5, 5.41) is 12.4. The van der Waals surface area contributed by atoms with Crippen LogP contribution in [0.15, 0.2) is 36.0 Å². The highest BCUT2D eigenvalue weighted by Gasteiger charge is 2.24. The molecular formula is C21H27N5O2. The van der Waals surface area contributed by atoms with E-state index in [0.717, 1.165) is 18.8 Å². The number of nitrogens with one attached hydrogen (secondary N) is 1. The zero-order chi connectivity index (χ0) is 19.9. The third kappa shape index (κ3) is 4.83. The standard InChI is InChI=1S/C21H27N5O2/c1-17(27)24-11-13-26(14-12-24)21(28)18(15-22)16-23-19-5-7-20(8-6-19)25-9-3-2-4-10-25/h5-8,16,23H,2-4,9-14H2,1H3/b18-16-. The van der Waals surface area contributed by atoms with Crippen LogP contribution >= 0.6 is 0 Å². The highest BCUT2D eigenvalue weighted by Crippen LogP contribution is 2.22. The topological polar surface area (TPSA) is 79.7 Å². The second-order valence-corrected chi connectivity index (χ2v) is 7.21. The van der Waals surface area contributed by atoms with Crippen LogP contribution in [-0.4, -0.2) is 60.9 Å². The fraction of sp³-hybridized carbons (Fsp3) is 0.476. The van der Waals surface area contributed by atoms with Crippen molar-refractivity contribution < 1.29 is 9.59 Å². The van der Waals surface area contributed by atoms with Gasteiger partial charge in [0.05, 0.1) is 0 Å². The summed E-state index contributed by atoms with van der Waals surface area (Å²) in [5.74, 6) is -0.291. The number of nitrogens with zero attached hydrogens (tertiary/aromatic N) is 4. The third-order valence-corrected chi connectivity index (χ3v) is 5.33.